The predicted octanol–water partition coefficient (Wildman–Crippen LogP) is 2.65. The normalized spacial score (nSPS) is 25.3. The SMILES string of the molecule is FC(F)(F)CN(Cc1nccs1)[C@H]1CC12CCNCC2. The number of hydrogen-bond donors (Lipinski definition) is 1. The van der Waals surface area contributed by atoms with Gasteiger partial charge in [0, 0.05) is 17.6 Å². The van der Waals surface area contributed by atoms with Crippen LogP contribution < -0.4 is 5.32 Å². The van der Waals surface area contributed by atoms with E-state index < -0.39 is 12.7 Å². The number of nitrogens with zero attached hydrogens (tertiary/aromatic N) is 2. The van der Waals surface area contributed by atoms with Gasteiger partial charge in [0.05, 0.1) is 13.1 Å². The first kappa shape index (κ1) is 14.3. The Morgan fingerprint density at radius 3 is 2.75 bits per heavy atom. The molecular weight excluding hydrogens is 287 g/mol. The Balaban J connectivity index is 1.69. The van der Waals surface area contributed by atoms with Crippen LogP contribution in [0.4, 0.5) is 13.2 Å². The first-order valence-electron chi connectivity index (χ1n) is 6.88. The van der Waals surface area contributed by atoms with E-state index in [1.807, 2.05) is 5.38 Å². The second kappa shape index (κ2) is 5.27. The van der Waals surface area contributed by atoms with Crippen molar-refractivity contribution in [1.29, 1.82) is 0 Å². The zero-order valence-corrected chi connectivity index (χ0v) is 11.9. The van der Waals surface area contributed by atoms with Gasteiger partial charge in [-0.05, 0) is 37.8 Å². The number of alkyl halides is 3. The van der Waals surface area contributed by atoms with Crippen LogP contribution in [0.1, 0.15) is 24.3 Å². The Labute approximate surface area is 120 Å². The minimum atomic E-state index is -4.14. The summed E-state index contributed by atoms with van der Waals surface area (Å²) in [6.07, 6.45) is 0.386. The molecule has 3 nitrogen and oxygen atoms in total. The van der Waals surface area contributed by atoms with E-state index in [1.165, 1.54) is 11.3 Å². The highest BCUT2D eigenvalue weighted by atomic mass is 32.1. The summed E-state index contributed by atoms with van der Waals surface area (Å²) >= 11 is 1.43. The molecule has 1 spiro atoms. The minimum Gasteiger partial charge on any atom is -0.317 e. The van der Waals surface area contributed by atoms with Gasteiger partial charge in [0.25, 0.3) is 0 Å². The topological polar surface area (TPSA) is 28.2 Å². The average molecular weight is 305 g/mol. The molecule has 2 aliphatic rings. The summed E-state index contributed by atoms with van der Waals surface area (Å²) < 4.78 is 38.4. The second-order valence-electron chi connectivity index (χ2n) is 5.78. The molecule has 1 N–H and O–H groups in total. The van der Waals surface area contributed by atoms with E-state index in [2.05, 4.69) is 10.3 Å². The lowest BCUT2D eigenvalue weighted by molar-refractivity contribution is -0.149. The molecule has 2 heterocycles. The molecule has 1 atom stereocenters. The first-order valence-corrected chi connectivity index (χ1v) is 7.76. The van der Waals surface area contributed by atoms with Crippen molar-refractivity contribution in [3.05, 3.63) is 16.6 Å². The molecule has 1 aromatic rings. The summed E-state index contributed by atoms with van der Waals surface area (Å²) in [4.78, 5) is 5.71. The smallest absolute Gasteiger partial charge is 0.317 e. The van der Waals surface area contributed by atoms with Gasteiger partial charge in [0.1, 0.15) is 5.01 Å². The highest BCUT2D eigenvalue weighted by Crippen LogP contribution is 2.56. The fourth-order valence-electron chi connectivity index (χ4n) is 3.32. The van der Waals surface area contributed by atoms with Crippen LogP contribution in [0.5, 0.6) is 0 Å². The fraction of sp³-hybridized carbons (Fsp3) is 0.769. The molecule has 20 heavy (non-hydrogen) atoms. The summed E-state index contributed by atoms with van der Waals surface area (Å²) in [5, 5.41) is 5.87. The molecule has 3 rings (SSSR count). The molecule has 1 aliphatic heterocycles. The van der Waals surface area contributed by atoms with Crippen LogP contribution in [0.25, 0.3) is 0 Å². The van der Waals surface area contributed by atoms with Gasteiger partial charge in [-0.3, -0.25) is 4.90 Å². The molecule has 7 heteroatoms. The maximum absolute atomic E-state index is 12.8. The second-order valence-corrected chi connectivity index (χ2v) is 6.76. The van der Waals surface area contributed by atoms with Crippen LogP contribution in [0, 0.1) is 5.41 Å². The number of piperidine rings is 1. The standard InChI is InChI=1S/C13H18F3N3S/c14-13(15,16)9-19(8-11-18-5-6-20-11)10-7-12(10)1-3-17-4-2-12/h5-6,10,17H,1-4,7-9H2/t10-/m0/s1. The van der Waals surface area contributed by atoms with E-state index in [0.717, 1.165) is 37.4 Å². The summed E-state index contributed by atoms with van der Waals surface area (Å²) in [7, 11) is 0. The van der Waals surface area contributed by atoms with E-state index in [-0.39, 0.29) is 11.5 Å². The van der Waals surface area contributed by atoms with Crippen molar-refractivity contribution in [2.45, 2.75) is 38.0 Å². The van der Waals surface area contributed by atoms with Crippen molar-refractivity contribution < 1.29 is 13.2 Å². The molecule has 1 aliphatic carbocycles. The average Bonchev–Trinajstić information content (AvgIpc) is 2.83. The zero-order chi connectivity index (χ0) is 14.2. The van der Waals surface area contributed by atoms with Gasteiger partial charge in [0.2, 0.25) is 0 Å². The van der Waals surface area contributed by atoms with Crippen molar-refractivity contribution >= 4 is 11.3 Å². The molecule has 112 valence electrons. The number of thiazole rings is 1. The molecule has 1 saturated carbocycles. The molecule has 1 saturated heterocycles. The Kier molecular flexibility index (Phi) is 3.77. The molecule has 0 radical (unpaired) electrons. The number of aromatic nitrogens is 1. The highest BCUT2D eigenvalue weighted by molar-refractivity contribution is 7.09. The zero-order valence-electron chi connectivity index (χ0n) is 11.1. The lowest BCUT2D eigenvalue weighted by Gasteiger charge is -2.29. The molecular formula is C13H18F3N3S. The van der Waals surface area contributed by atoms with Crippen molar-refractivity contribution in [1.82, 2.24) is 15.2 Å². The third-order valence-corrected chi connectivity index (χ3v) is 5.16. The van der Waals surface area contributed by atoms with Crippen LogP contribution in [-0.4, -0.2) is 41.7 Å². The van der Waals surface area contributed by atoms with Gasteiger partial charge in [-0.15, -0.1) is 11.3 Å². The quantitative estimate of drug-likeness (QED) is 0.927. The Morgan fingerprint density at radius 2 is 2.15 bits per heavy atom. The Morgan fingerprint density at radius 1 is 1.40 bits per heavy atom. The molecule has 0 amide bonds. The van der Waals surface area contributed by atoms with Crippen molar-refractivity contribution in [2.75, 3.05) is 19.6 Å². The van der Waals surface area contributed by atoms with Crippen molar-refractivity contribution in [2.24, 2.45) is 5.41 Å². The molecule has 0 aromatic carbocycles. The van der Waals surface area contributed by atoms with E-state index in [1.54, 1.807) is 11.1 Å². The van der Waals surface area contributed by atoms with Crippen molar-refractivity contribution in [3.63, 3.8) is 0 Å². The van der Waals surface area contributed by atoms with Gasteiger partial charge >= 0.3 is 6.18 Å². The molecule has 2 fully saturated rings. The van der Waals surface area contributed by atoms with Gasteiger partial charge in [-0.1, -0.05) is 0 Å². The maximum atomic E-state index is 12.8. The van der Waals surface area contributed by atoms with Crippen LogP contribution in [0.3, 0.4) is 0 Å². The van der Waals surface area contributed by atoms with E-state index in [9.17, 15) is 13.2 Å². The third kappa shape index (κ3) is 3.15. The predicted molar refractivity (Wildman–Crippen MR) is 71.5 cm³/mol. The molecule has 0 bridgehead atoms. The lowest BCUT2D eigenvalue weighted by Crippen LogP contribution is -2.40. The lowest BCUT2D eigenvalue weighted by atomic mass is 9.93. The summed E-state index contributed by atoms with van der Waals surface area (Å²) in [6, 6.07) is 0.0649. The number of rotatable bonds is 4. The molecule has 0 unspecified atom stereocenters. The number of nitrogens with one attached hydrogen (secondary N) is 1. The number of hydrogen-bond acceptors (Lipinski definition) is 4. The van der Waals surface area contributed by atoms with E-state index >= 15 is 0 Å². The van der Waals surface area contributed by atoms with E-state index in [4.69, 9.17) is 0 Å². The van der Waals surface area contributed by atoms with Crippen molar-refractivity contribution in [3.8, 4) is 0 Å². The van der Waals surface area contributed by atoms with Crippen LogP contribution in [0.2, 0.25) is 0 Å². The summed E-state index contributed by atoms with van der Waals surface area (Å²) in [5.74, 6) is 0. The van der Waals surface area contributed by atoms with Gasteiger partial charge in [-0.2, -0.15) is 13.2 Å². The van der Waals surface area contributed by atoms with Gasteiger partial charge in [-0.25, -0.2) is 4.98 Å². The van der Waals surface area contributed by atoms with Gasteiger partial charge < -0.3 is 5.32 Å². The van der Waals surface area contributed by atoms with Crippen LogP contribution >= 0.6 is 11.3 Å². The summed E-state index contributed by atoms with van der Waals surface area (Å²) in [6.45, 7) is 1.34. The Hall–Kier alpha value is -0.660. The number of halogens is 3. The minimum absolute atomic E-state index is 0.0649. The van der Waals surface area contributed by atoms with Gasteiger partial charge in [0.15, 0.2) is 0 Å². The molecule has 1 aromatic heterocycles. The maximum Gasteiger partial charge on any atom is 0.401 e. The van der Waals surface area contributed by atoms with Crippen LogP contribution in [-0.2, 0) is 6.54 Å². The fourth-order valence-corrected chi connectivity index (χ4v) is 3.96. The van der Waals surface area contributed by atoms with Crippen LogP contribution in [0.15, 0.2) is 11.6 Å². The highest BCUT2D eigenvalue weighted by Gasteiger charge is 2.57. The first-order chi connectivity index (χ1) is 9.49. The van der Waals surface area contributed by atoms with E-state index in [0.29, 0.717) is 6.54 Å². The third-order valence-electron chi connectivity index (χ3n) is 4.39. The summed E-state index contributed by atoms with van der Waals surface area (Å²) in [5.41, 5.74) is 0.119. The Bertz CT molecular complexity index is 440. The largest absolute Gasteiger partial charge is 0.401 e. The monoisotopic (exact) mass is 305 g/mol.